The van der Waals surface area contributed by atoms with Crippen LogP contribution >= 0.6 is 11.6 Å². The summed E-state index contributed by atoms with van der Waals surface area (Å²) in [6.45, 7) is 0.807. The molecule has 1 unspecified atom stereocenters. The predicted molar refractivity (Wildman–Crippen MR) is 109 cm³/mol. The number of fused-ring (bicyclic) bond motifs is 3. The van der Waals surface area contributed by atoms with E-state index in [1.54, 1.807) is 30.3 Å². The van der Waals surface area contributed by atoms with E-state index in [4.69, 9.17) is 21.1 Å². The third kappa shape index (κ3) is 3.43. The number of hydrogen-bond donors (Lipinski definition) is 0. The van der Waals surface area contributed by atoms with Crippen molar-refractivity contribution in [2.75, 3.05) is 18.2 Å². The highest BCUT2D eigenvalue weighted by molar-refractivity contribution is 7.91. The minimum absolute atomic E-state index is 0.0809. The third-order valence-electron chi connectivity index (χ3n) is 5.52. The van der Waals surface area contributed by atoms with E-state index in [2.05, 4.69) is 0 Å². The first kappa shape index (κ1) is 18.7. The highest BCUT2D eigenvalue weighted by Gasteiger charge is 2.38. The molecule has 0 bridgehead atoms. The third-order valence-corrected chi connectivity index (χ3v) is 7.50. The minimum atomic E-state index is -2.99. The molecule has 1 fully saturated rings. The van der Waals surface area contributed by atoms with Gasteiger partial charge in [0.1, 0.15) is 18.2 Å². The topological polar surface area (TPSA) is 72.9 Å². The van der Waals surface area contributed by atoms with E-state index in [1.165, 1.54) is 0 Å². The maximum Gasteiger partial charge on any atom is 0.231 e. The molecule has 0 saturated carbocycles. The molecule has 0 spiro atoms. The molecular formula is C21H18ClNO5S. The van der Waals surface area contributed by atoms with Crippen molar-refractivity contribution in [3.8, 4) is 11.5 Å². The lowest BCUT2D eigenvalue weighted by Gasteiger charge is -2.33. The van der Waals surface area contributed by atoms with Crippen molar-refractivity contribution in [1.82, 2.24) is 4.90 Å². The maximum absolute atomic E-state index is 12.8. The van der Waals surface area contributed by atoms with Crippen LogP contribution in [0, 0.1) is 0 Å². The molecule has 8 heteroatoms. The van der Waals surface area contributed by atoms with Crippen molar-refractivity contribution in [2.24, 2.45) is 0 Å². The number of carbonyl (C=O) groups is 1. The lowest BCUT2D eigenvalue weighted by Crippen LogP contribution is -2.41. The van der Waals surface area contributed by atoms with Crippen molar-refractivity contribution in [3.63, 3.8) is 0 Å². The first-order valence-corrected chi connectivity index (χ1v) is 11.5. The van der Waals surface area contributed by atoms with Crippen molar-refractivity contribution < 1.29 is 22.7 Å². The first-order valence-electron chi connectivity index (χ1n) is 9.32. The largest absolute Gasteiger partial charge is 0.478 e. The van der Waals surface area contributed by atoms with Crippen LogP contribution in [0.1, 0.15) is 27.9 Å². The first-order chi connectivity index (χ1) is 13.9. The van der Waals surface area contributed by atoms with E-state index in [0.717, 1.165) is 11.1 Å². The van der Waals surface area contributed by atoms with Gasteiger partial charge < -0.3 is 9.47 Å². The summed E-state index contributed by atoms with van der Waals surface area (Å²) in [5, 5.41) is 0.579. The van der Waals surface area contributed by atoms with Crippen LogP contribution < -0.4 is 9.47 Å². The van der Waals surface area contributed by atoms with Gasteiger partial charge in [0.2, 0.25) is 5.78 Å². The van der Waals surface area contributed by atoms with E-state index in [-0.39, 0.29) is 29.1 Å². The molecule has 3 aliphatic heterocycles. The molecule has 3 heterocycles. The average Bonchev–Trinajstić information content (AvgIpc) is 3.21. The number of halogens is 1. The summed E-state index contributed by atoms with van der Waals surface area (Å²) in [7, 11) is -2.99. The summed E-state index contributed by atoms with van der Waals surface area (Å²) in [5.74, 6) is 1.54. The number of sulfone groups is 1. The Hall–Kier alpha value is -2.35. The van der Waals surface area contributed by atoms with E-state index < -0.39 is 9.84 Å². The van der Waals surface area contributed by atoms with Crippen molar-refractivity contribution in [3.05, 3.63) is 63.9 Å². The molecule has 0 amide bonds. The molecule has 29 heavy (non-hydrogen) atoms. The number of rotatable bonds is 2. The summed E-state index contributed by atoms with van der Waals surface area (Å²) >= 11 is 6.03. The number of ketones is 1. The molecule has 0 N–H and O–H groups in total. The van der Waals surface area contributed by atoms with Gasteiger partial charge in [-0.2, -0.15) is 0 Å². The van der Waals surface area contributed by atoms with Gasteiger partial charge in [0.25, 0.3) is 0 Å². The number of hydrogen-bond acceptors (Lipinski definition) is 6. The molecule has 1 saturated heterocycles. The average molecular weight is 432 g/mol. The molecule has 2 aromatic carbocycles. The fourth-order valence-corrected chi connectivity index (χ4v) is 5.98. The molecule has 2 aromatic rings. The molecule has 1 atom stereocenters. The van der Waals surface area contributed by atoms with E-state index >= 15 is 0 Å². The van der Waals surface area contributed by atoms with Crippen LogP contribution in [0.3, 0.4) is 0 Å². The monoisotopic (exact) mass is 431 g/mol. The summed E-state index contributed by atoms with van der Waals surface area (Å²) in [4.78, 5) is 14.8. The smallest absolute Gasteiger partial charge is 0.231 e. The Bertz CT molecular complexity index is 1160. The second-order valence-electron chi connectivity index (χ2n) is 7.49. The van der Waals surface area contributed by atoms with Crippen LogP contribution in [-0.4, -0.2) is 43.4 Å². The van der Waals surface area contributed by atoms with Crippen LogP contribution in [0.2, 0.25) is 5.02 Å². The van der Waals surface area contributed by atoms with Crippen LogP contribution in [0.4, 0.5) is 0 Å². The van der Waals surface area contributed by atoms with Gasteiger partial charge in [0, 0.05) is 17.6 Å². The Morgan fingerprint density at radius 1 is 1.21 bits per heavy atom. The zero-order valence-corrected chi connectivity index (χ0v) is 17.0. The van der Waals surface area contributed by atoms with Crippen molar-refractivity contribution in [1.29, 1.82) is 0 Å². The van der Waals surface area contributed by atoms with Gasteiger partial charge in [0.05, 0.1) is 22.6 Å². The number of carbonyl (C=O) groups excluding carboxylic acids is 1. The number of allylic oxidation sites excluding steroid dienone is 1. The highest BCUT2D eigenvalue weighted by Crippen LogP contribution is 2.42. The van der Waals surface area contributed by atoms with Gasteiger partial charge in [0.15, 0.2) is 15.6 Å². The summed E-state index contributed by atoms with van der Waals surface area (Å²) in [6.07, 6.45) is 2.27. The zero-order valence-electron chi connectivity index (χ0n) is 15.4. The Kier molecular flexibility index (Phi) is 4.42. The van der Waals surface area contributed by atoms with Gasteiger partial charge in [-0.25, -0.2) is 8.42 Å². The molecular weight excluding hydrogens is 414 g/mol. The van der Waals surface area contributed by atoms with Gasteiger partial charge in [-0.3, -0.25) is 9.69 Å². The lowest BCUT2D eigenvalue weighted by molar-refractivity contribution is 0.0634. The zero-order chi connectivity index (χ0) is 20.2. The fourth-order valence-electron chi connectivity index (χ4n) is 4.02. The van der Waals surface area contributed by atoms with Gasteiger partial charge in [-0.1, -0.05) is 23.7 Å². The molecule has 0 aromatic heterocycles. The van der Waals surface area contributed by atoms with Crippen molar-refractivity contribution >= 4 is 33.3 Å². The second-order valence-corrected chi connectivity index (χ2v) is 10.2. The fraction of sp³-hybridized carbons (Fsp3) is 0.286. The number of benzene rings is 2. The summed E-state index contributed by atoms with van der Waals surface area (Å²) in [6, 6.07) is 10.6. The Morgan fingerprint density at radius 3 is 2.83 bits per heavy atom. The standard InChI is InChI=1S/C21H18ClNO5S/c22-14-3-1-2-13(8-14)9-19-20(24)16-4-5-18-17(21(16)28-19)10-23(12-27-18)15-6-7-29(25,26)11-15/h1-5,8-9,15H,6-7,10-12H2/b19-9-. The van der Waals surface area contributed by atoms with Crippen molar-refractivity contribution in [2.45, 2.75) is 19.0 Å². The van der Waals surface area contributed by atoms with Crippen LogP contribution in [0.25, 0.3) is 6.08 Å². The molecule has 3 aliphatic rings. The number of nitrogens with zero attached hydrogens (tertiary/aromatic N) is 1. The minimum Gasteiger partial charge on any atom is -0.478 e. The van der Waals surface area contributed by atoms with Crippen LogP contribution in [0.5, 0.6) is 11.5 Å². The Morgan fingerprint density at radius 2 is 2.07 bits per heavy atom. The summed E-state index contributed by atoms with van der Waals surface area (Å²) < 4.78 is 35.5. The molecule has 150 valence electrons. The normalized spacial score (nSPS) is 24.1. The van der Waals surface area contributed by atoms with Gasteiger partial charge >= 0.3 is 0 Å². The van der Waals surface area contributed by atoms with E-state index in [9.17, 15) is 13.2 Å². The molecule has 5 rings (SSSR count). The number of ether oxygens (including phenoxy) is 2. The number of Topliss-reactive ketones (excluding diaryl/α,β-unsaturated/α-hetero) is 1. The predicted octanol–water partition coefficient (Wildman–Crippen LogP) is 3.30. The van der Waals surface area contributed by atoms with Crippen LogP contribution in [-0.2, 0) is 16.4 Å². The lowest BCUT2D eigenvalue weighted by atomic mass is 10.0. The van der Waals surface area contributed by atoms with E-state index in [0.29, 0.717) is 41.8 Å². The van der Waals surface area contributed by atoms with E-state index in [1.807, 2.05) is 17.0 Å². The Balaban J connectivity index is 1.46. The Labute approximate surface area is 173 Å². The maximum atomic E-state index is 12.8. The SMILES string of the molecule is O=C1/C(=C/c2cccc(Cl)c2)Oc2c1ccc1c2CN(C2CCS(=O)(=O)C2)CO1. The molecule has 0 radical (unpaired) electrons. The highest BCUT2D eigenvalue weighted by atomic mass is 35.5. The van der Waals surface area contributed by atoms with Gasteiger partial charge in [-0.15, -0.1) is 0 Å². The molecule has 0 aliphatic carbocycles. The molecule has 6 nitrogen and oxygen atoms in total. The quantitative estimate of drug-likeness (QED) is 0.679. The summed E-state index contributed by atoms with van der Waals surface area (Å²) in [5.41, 5.74) is 2.04. The van der Waals surface area contributed by atoms with Crippen LogP contribution in [0.15, 0.2) is 42.2 Å². The van der Waals surface area contributed by atoms with Gasteiger partial charge in [-0.05, 0) is 42.3 Å². The second kappa shape index (κ2) is 6.86.